The van der Waals surface area contributed by atoms with E-state index in [1.807, 2.05) is 69.3 Å². The third kappa shape index (κ3) is 6.10. The molecule has 8 nitrogen and oxygen atoms in total. The van der Waals surface area contributed by atoms with Gasteiger partial charge in [-0.1, -0.05) is 18.2 Å². The van der Waals surface area contributed by atoms with Crippen molar-refractivity contribution in [2.75, 3.05) is 0 Å². The quantitative estimate of drug-likeness (QED) is 0.515. The molecule has 0 aliphatic heterocycles. The molecular formula is C24H28N4O4. The van der Waals surface area contributed by atoms with Gasteiger partial charge in [0, 0.05) is 36.3 Å². The Kier molecular flexibility index (Phi) is 6.82. The van der Waals surface area contributed by atoms with E-state index in [1.54, 1.807) is 17.7 Å². The molecule has 0 atom stereocenters. The number of benzene rings is 2. The summed E-state index contributed by atoms with van der Waals surface area (Å²) in [5.74, 6) is 0.255. The average molecular weight is 437 g/mol. The predicted molar refractivity (Wildman–Crippen MR) is 122 cm³/mol. The molecule has 0 unspecified atom stereocenters. The zero-order chi connectivity index (χ0) is 23.3. The van der Waals surface area contributed by atoms with Crippen molar-refractivity contribution in [3.05, 3.63) is 60.3 Å². The first kappa shape index (κ1) is 22.9. The fraction of sp³-hybridized carbons (Fsp3) is 0.292. The fourth-order valence-corrected chi connectivity index (χ4v) is 3.19. The van der Waals surface area contributed by atoms with Crippen LogP contribution in [-0.4, -0.2) is 27.8 Å². The minimum atomic E-state index is -0.457. The molecule has 3 aromatic rings. The van der Waals surface area contributed by atoms with Crippen LogP contribution in [0.1, 0.15) is 44.1 Å². The smallest absolute Gasteiger partial charge is 0.286 e. The molecule has 1 heterocycles. The Hall–Kier alpha value is -3.81. The van der Waals surface area contributed by atoms with Crippen molar-refractivity contribution in [3.8, 4) is 11.5 Å². The highest BCUT2D eigenvalue weighted by molar-refractivity contribution is 5.99. The number of nitrogens with zero attached hydrogens (tertiary/aromatic N) is 1. The van der Waals surface area contributed by atoms with Gasteiger partial charge in [-0.25, -0.2) is 0 Å². The van der Waals surface area contributed by atoms with Gasteiger partial charge in [-0.2, -0.15) is 0 Å². The molecule has 3 amide bonds. The van der Waals surface area contributed by atoms with Crippen LogP contribution < -0.4 is 20.9 Å². The number of carbonyl (C=O) groups is 3. The van der Waals surface area contributed by atoms with E-state index in [-0.39, 0.29) is 24.3 Å². The number of fused-ring (bicyclic) bond motifs is 1. The Bertz CT molecular complexity index is 1130. The molecule has 0 aliphatic rings. The van der Waals surface area contributed by atoms with E-state index in [0.29, 0.717) is 11.4 Å². The van der Waals surface area contributed by atoms with Crippen molar-refractivity contribution in [1.29, 1.82) is 0 Å². The number of aryl methyl sites for hydroxylation is 1. The number of carbonyl (C=O) groups excluding carboxylic acids is 3. The number of hydrazine groups is 1. The van der Waals surface area contributed by atoms with E-state index in [9.17, 15) is 14.4 Å². The molecule has 0 spiro atoms. The normalized spacial score (nSPS) is 11.1. The fourth-order valence-electron chi connectivity index (χ4n) is 3.19. The van der Waals surface area contributed by atoms with E-state index < -0.39 is 11.8 Å². The Morgan fingerprint density at radius 1 is 0.875 bits per heavy atom. The first-order chi connectivity index (χ1) is 15.1. The molecule has 0 aliphatic carbocycles. The molecular weight excluding hydrogens is 408 g/mol. The van der Waals surface area contributed by atoms with E-state index in [1.165, 1.54) is 0 Å². The third-order valence-corrected chi connectivity index (χ3v) is 4.63. The van der Waals surface area contributed by atoms with E-state index in [2.05, 4.69) is 16.2 Å². The summed E-state index contributed by atoms with van der Waals surface area (Å²) in [5.41, 5.74) is 5.63. The van der Waals surface area contributed by atoms with Gasteiger partial charge in [0.15, 0.2) is 0 Å². The Morgan fingerprint density at radius 2 is 1.56 bits per heavy atom. The SMILES string of the molecule is Cn1c(C(=O)NNC(=O)CCC(=O)NC(C)(C)C)cc2cc(Oc3ccccc3)ccc21. The monoisotopic (exact) mass is 436 g/mol. The summed E-state index contributed by atoms with van der Waals surface area (Å²) < 4.78 is 7.59. The van der Waals surface area contributed by atoms with Crippen molar-refractivity contribution >= 4 is 28.6 Å². The number of rotatable bonds is 6. The van der Waals surface area contributed by atoms with Crippen LogP contribution in [0.25, 0.3) is 10.9 Å². The zero-order valence-corrected chi connectivity index (χ0v) is 18.7. The van der Waals surface area contributed by atoms with Gasteiger partial charge in [0.05, 0.1) is 0 Å². The maximum atomic E-state index is 12.6. The minimum absolute atomic E-state index is 0.0303. The molecule has 8 heteroatoms. The molecule has 168 valence electrons. The average Bonchev–Trinajstić information content (AvgIpc) is 3.06. The van der Waals surface area contributed by atoms with E-state index in [0.717, 1.165) is 16.7 Å². The van der Waals surface area contributed by atoms with Crippen molar-refractivity contribution in [2.45, 2.75) is 39.2 Å². The molecule has 0 radical (unpaired) electrons. The molecule has 2 aromatic carbocycles. The topological polar surface area (TPSA) is 101 Å². The molecule has 3 N–H and O–H groups in total. The van der Waals surface area contributed by atoms with Crippen molar-refractivity contribution in [3.63, 3.8) is 0 Å². The van der Waals surface area contributed by atoms with Crippen molar-refractivity contribution in [2.24, 2.45) is 7.05 Å². The molecule has 0 saturated heterocycles. The number of ether oxygens (including phenoxy) is 1. The maximum absolute atomic E-state index is 12.6. The zero-order valence-electron chi connectivity index (χ0n) is 18.7. The first-order valence-electron chi connectivity index (χ1n) is 10.3. The summed E-state index contributed by atoms with van der Waals surface area (Å²) in [4.78, 5) is 36.4. The second-order valence-electron chi connectivity index (χ2n) is 8.52. The van der Waals surface area contributed by atoms with Gasteiger partial charge in [-0.05, 0) is 57.2 Å². The highest BCUT2D eigenvalue weighted by atomic mass is 16.5. The van der Waals surface area contributed by atoms with Gasteiger partial charge < -0.3 is 14.6 Å². The number of para-hydroxylation sites is 1. The highest BCUT2D eigenvalue weighted by Gasteiger charge is 2.17. The maximum Gasteiger partial charge on any atom is 0.286 e. The van der Waals surface area contributed by atoms with Crippen LogP contribution in [0.4, 0.5) is 0 Å². The summed E-state index contributed by atoms with van der Waals surface area (Å²) >= 11 is 0. The molecule has 3 rings (SSSR count). The van der Waals surface area contributed by atoms with Crippen LogP contribution in [0, 0.1) is 0 Å². The Labute approximate surface area is 186 Å². The molecule has 1 aromatic heterocycles. The molecule has 0 bridgehead atoms. The molecule has 32 heavy (non-hydrogen) atoms. The molecule has 0 saturated carbocycles. The molecule has 0 fully saturated rings. The number of hydrogen-bond acceptors (Lipinski definition) is 4. The largest absolute Gasteiger partial charge is 0.457 e. The summed E-state index contributed by atoms with van der Waals surface area (Å²) in [6, 6.07) is 16.7. The number of nitrogens with one attached hydrogen (secondary N) is 3. The number of amides is 3. The summed E-state index contributed by atoms with van der Waals surface area (Å²) in [5, 5.41) is 3.62. The Morgan fingerprint density at radius 3 is 2.25 bits per heavy atom. The van der Waals surface area contributed by atoms with Crippen molar-refractivity contribution in [1.82, 2.24) is 20.7 Å². The van der Waals surface area contributed by atoms with E-state index >= 15 is 0 Å². The third-order valence-electron chi connectivity index (χ3n) is 4.63. The second-order valence-corrected chi connectivity index (χ2v) is 8.52. The first-order valence-corrected chi connectivity index (χ1v) is 10.3. The number of hydrogen-bond donors (Lipinski definition) is 3. The standard InChI is InChI=1S/C24H28N4O4/c1-24(2,3)25-21(29)12-13-22(30)26-27-23(31)20-15-16-14-18(10-11-19(16)28(20)4)32-17-8-6-5-7-9-17/h5-11,14-15H,12-13H2,1-4H3,(H,25,29)(H,26,30)(H,27,31). The van der Waals surface area contributed by atoms with Gasteiger partial charge in [0.1, 0.15) is 17.2 Å². The lowest BCUT2D eigenvalue weighted by atomic mass is 10.1. The van der Waals surface area contributed by atoms with Gasteiger partial charge in [0.2, 0.25) is 11.8 Å². The highest BCUT2D eigenvalue weighted by Crippen LogP contribution is 2.27. The van der Waals surface area contributed by atoms with Crippen LogP contribution in [0.5, 0.6) is 11.5 Å². The van der Waals surface area contributed by atoms with Crippen LogP contribution in [0.2, 0.25) is 0 Å². The summed E-state index contributed by atoms with van der Waals surface area (Å²) in [6.45, 7) is 5.60. The lowest BCUT2D eigenvalue weighted by Gasteiger charge is -2.20. The second kappa shape index (κ2) is 9.55. The summed E-state index contributed by atoms with van der Waals surface area (Å²) in [6.07, 6.45) is 0.00863. The van der Waals surface area contributed by atoms with Crippen molar-refractivity contribution < 1.29 is 19.1 Å². The lowest BCUT2D eigenvalue weighted by Crippen LogP contribution is -2.43. The van der Waals surface area contributed by atoms with Crippen LogP contribution >= 0.6 is 0 Å². The number of aromatic nitrogens is 1. The lowest BCUT2D eigenvalue weighted by molar-refractivity contribution is -0.127. The van der Waals surface area contributed by atoms with Gasteiger partial charge in [-0.15, -0.1) is 0 Å². The summed E-state index contributed by atoms with van der Waals surface area (Å²) in [7, 11) is 1.77. The van der Waals surface area contributed by atoms with Crippen LogP contribution in [0.3, 0.4) is 0 Å². The van der Waals surface area contributed by atoms with E-state index in [4.69, 9.17) is 4.74 Å². The van der Waals surface area contributed by atoms with Gasteiger partial charge in [-0.3, -0.25) is 25.2 Å². The van der Waals surface area contributed by atoms with Crippen LogP contribution in [0.15, 0.2) is 54.6 Å². The van der Waals surface area contributed by atoms with Gasteiger partial charge in [0.25, 0.3) is 5.91 Å². The predicted octanol–water partition coefficient (Wildman–Crippen LogP) is 3.43. The van der Waals surface area contributed by atoms with Gasteiger partial charge >= 0.3 is 0 Å². The van der Waals surface area contributed by atoms with Crippen LogP contribution in [-0.2, 0) is 16.6 Å². The minimum Gasteiger partial charge on any atom is -0.457 e. The Balaban J connectivity index is 1.59.